The maximum atomic E-state index is 10.0. The van der Waals surface area contributed by atoms with Crippen molar-refractivity contribution in [3.05, 3.63) is 0 Å². The minimum Gasteiger partial charge on any atom is -0.746 e. The van der Waals surface area contributed by atoms with E-state index in [-0.39, 0.29) is 36.1 Å². The first kappa shape index (κ1) is 15.3. The first-order chi connectivity index (χ1) is 4.98. The van der Waals surface area contributed by atoms with Gasteiger partial charge < -0.3 is 20.7 Å². The van der Waals surface area contributed by atoms with Gasteiger partial charge in [-0.2, -0.15) is 0 Å². The van der Waals surface area contributed by atoms with Crippen molar-refractivity contribution >= 4 is 10.1 Å². The van der Waals surface area contributed by atoms with E-state index in [2.05, 4.69) is 5.32 Å². The monoisotopic (exact) mass is 206 g/mol. The molecule has 0 aliphatic rings. The van der Waals surface area contributed by atoms with Crippen LogP contribution in [0.3, 0.4) is 0 Å². The van der Waals surface area contributed by atoms with Crippen molar-refractivity contribution in [1.82, 2.24) is 5.32 Å². The predicted molar refractivity (Wildman–Crippen MR) is 37.6 cm³/mol. The Morgan fingerprint density at radius 1 is 1.58 bits per heavy atom. The van der Waals surface area contributed by atoms with Crippen LogP contribution in [0.1, 0.15) is 0 Å². The summed E-state index contributed by atoms with van der Waals surface area (Å²) in [7, 11) is -4.58. The van der Waals surface area contributed by atoms with Gasteiger partial charge in [-0.05, 0) is 0 Å². The minimum atomic E-state index is -4.58. The number of aliphatic hydroxyl groups excluding tert-OH is 1. The molecule has 12 heavy (non-hydrogen) atoms. The van der Waals surface area contributed by atoms with Crippen molar-refractivity contribution in [3.63, 3.8) is 0 Å². The van der Waals surface area contributed by atoms with Gasteiger partial charge in [-0.25, -0.2) is 8.42 Å². The van der Waals surface area contributed by atoms with E-state index in [9.17, 15) is 13.0 Å². The van der Waals surface area contributed by atoms with Crippen molar-refractivity contribution in [2.24, 2.45) is 5.73 Å². The van der Waals surface area contributed by atoms with Gasteiger partial charge in [0.2, 0.25) is 0 Å². The van der Waals surface area contributed by atoms with Gasteiger partial charge in [0.25, 0.3) is 0 Å². The summed E-state index contributed by atoms with van der Waals surface area (Å²) in [6.07, 6.45) is 0. The molecule has 0 aromatic rings. The molecule has 0 spiro atoms. The van der Waals surface area contributed by atoms with Crippen LogP contribution in [0.4, 0.5) is 0 Å². The molecule has 0 aromatic carbocycles. The van der Waals surface area contributed by atoms with Gasteiger partial charge in [0.15, 0.2) is 5.44 Å². The molecule has 0 aliphatic heterocycles. The molecule has 1 atom stereocenters. The number of nitrogens with one attached hydrogen (secondary N) is 1. The molecule has 0 radical (unpaired) electrons. The zero-order chi connectivity index (χ0) is 8.91. The van der Waals surface area contributed by atoms with Crippen LogP contribution >= 0.6 is 0 Å². The zero-order valence-electron chi connectivity index (χ0n) is 6.86. The Morgan fingerprint density at radius 2 is 2.08 bits per heavy atom. The van der Waals surface area contributed by atoms with Gasteiger partial charge in [0.1, 0.15) is 10.1 Å². The van der Waals surface area contributed by atoms with Crippen LogP contribution in [0.2, 0.25) is 0 Å². The summed E-state index contributed by atoms with van der Waals surface area (Å²) in [6.45, 7) is 0.418. The van der Waals surface area contributed by atoms with Crippen LogP contribution < -0.4 is 40.6 Å². The Balaban J connectivity index is 0. The van der Waals surface area contributed by atoms with Crippen LogP contribution in [-0.2, 0) is 10.1 Å². The van der Waals surface area contributed by atoms with Crippen LogP contribution in [0.15, 0.2) is 0 Å². The van der Waals surface area contributed by atoms with Gasteiger partial charge in [0, 0.05) is 19.6 Å². The van der Waals surface area contributed by atoms with E-state index in [4.69, 9.17) is 10.8 Å². The molecule has 0 heterocycles. The van der Waals surface area contributed by atoms with E-state index >= 15 is 0 Å². The van der Waals surface area contributed by atoms with Crippen LogP contribution in [0, 0.1) is 0 Å². The molecule has 6 nitrogen and oxygen atoms in total. The number of aliphatic hydroxyl groups is 1. The number of nitrogens with two attached hydrogens (primary N) is 1. The number of hydrogen-bond acceptors (Lipinski definition) is 6. The quantitative estimate of drug-likeness (QED) is 0.235. The molecule has 0 aliphatic carbocycles. The topological polar surface area (TPSA) is 115 Å². The fourth-order valence-corrected chi connectivity index (χ4v) is 0.752. The zero-order valence-corrected chi connectivity index (χ0v) is 9.67. The van der Waals surface area contributed by atoms with Crippen LogP contribution in [0.5, 0.6) is 0 Å². The first-order valence-corrected chi connectivity index (χ1v) is 4.49. The molecule has 0 saturated carbocycles. The Hall–Kier alpha value is 0.790. The minimum absolute atomic E-state index is 0. The van der Waals surface area contributed by atoms with E-state index in [0.29, 0.717) is 13.1 Å². The molecule has 0 rings (SSSR count). The average Bonchev–Trinajstić information content (AvgIpc) is 1.86. The first-order valence-electron chi connectivity index (χ1n) is 3.02. The Labute approximate surface area is 93.6 Å². The maximum Gasteiger partial charge on any atom is 1.00 e. The summed E-state index contributed by atoms with van der Waals surface area (Å²) in [6, 6.07) is 0. The van der Waals surface area contributed by atoms with E-state index < -0.39 is 15.6 Å². The average molecular weight is 206 g/mol. The molecule has 0 bridgehead atoms. The summed E-state index contributed by atoms with van der Waals surface area (Å²) in [5.74, 6) is 0. The molecule has 4 N–H and O–H groups in total. The second-order valence-corrected chi connectivity index (χ2v) is 3.47. The van der Waals surface area contributed by atoms with Crippen LogP contribution in [-0.4, -0.2) is 43.1 Å². The van der Waals surface area contributed by atoms with Crippen molar-refractivity contribution in [2.45, 2.75) is 5.44 Å². The standard InChI is InChI=1S/C4H12N2O4S.Na/c5-1-2-6-3-4(7)11(8,9)10;/h4,6-7H,1-3,5H2,(H,8,9,10);/q;+1/p-1. The maximum absolute atomic E-state index is 10.0. The SMILES string of the molecule is NCCNCC(O)S(=O)(=O)[O-].[Na+]. The third-order valence-corrected chi connectivity index (χ3v) is 1.81. The van der Waals surface area contributed by atoms with E-state index in [0.717, 1.165) is 0 Å². The summed E-state index contributed by atoms with van der Waals surface area (Å²) >= 11 is 0. The van der Waals surface area contributed by atoms with Crippen molar-refractivity contribution in [1.29, 1.82) is 0 Å². The van der Waals surface area contributed by atoms with Crippen molar-refractivity contribution in [3.8, 4) is 0 Å². The van der Waals surface area contributed by atoms with Crippen molar-refractivity contribution < 1.29 is 47.6 Å². The van der Waals surface area contributed by atoms with E-state index in [1.807, 2.05) is 0 Å². The molecular formula is C4H11N2NaO4S. The number of rotatable bonds is 5. The molecule has 1 unspecified atom stereocenters. The van der Waals surface area contributed by atoms with E-state index in [1.165, 1.54) is 0 Å². The van der Waals surface area contributed by atoms with E-state index in [1.54, 1.807) is 0 Å². The van der Waals surface area contributed by atoms with Gasteiger partial charge in [-0.3, -0.25) is 0 Å². The fourth-order valence-electron chi connectivity index (χ4n) is 0.430. The third kappa shape index (κ3) is 7.44. The Kier molecular flexibility index (Phi) is 9.19. The van der Waals surface area contributed by atoms with Gasteiger partial charge in [-0.15, -0.1) is 0 Å². The van der Waals surface area contributed by atoms with Gasteiger partial charge in [0.05, 0.1) is 0 Å². The molecule has 0 fully saturated rings. The molecule has 0 aromatic heterocycles. The molecular weight excluding hydrogens is 195 g/mol. The van der Waals surface area contributed by atoms with Crippen molar-refractivity contribution in [2.75, 3.05) is 19.6 Å². The normalized spacial score (nSPS) is 13.6. The molecule has 0 saturated heterocycles. The second kappa shape index (κ2) is 7.22. The Bertz CT molecular complexity index is 195. The van der Waals surface area contributed by atoms with Gasteiger partial charge >= 0.3 is 29.6 Å². The molecule has 68 valence electrons. The second-order valence-electron chi connectivity index (χ2n) is 1.94. The fraction of sp³-hybridized carbons (Fsp3) is 1.00. The van der Waals surface area contributed by atoms with Gasteiger partial charge in [-0.1, -0.05) is 0 Å². The summed E-state index contributed by atoms with van der Waals surface area (Å²) in [5.41, 5.74) is 3.17. The summed E-state index contributed by atoms with van der Waals surface area (Å²) < 4.78 is 30.1. The Morgan fingerprint density at radius 3 is 2.42 bits per heavy atom. The summed E-state index contributed by atoms with van der Waals surface area (Å²) in [5, 5.41) is 11.1. The largest absolute Gasteiger partial charge is 1.00 e. The smallest absolute Gasteiger partial charge is 0.746 e. The molecule has 0 amide bonds. The summed E-state index contributed by atoms with van der Waals surface area (Å²) in [4.78, 5) is 0. The predicted octanol–water partition coefficient (Wildman–Crippen LogP) is -5.60. The van der Waals surface area contributed by atoms with Crippen LogP contribution in [0.25, 0.3) is 0 Å². The third-order valence-electron chi connectivity index (χ3n) is 0.973. The molecule has 8 heteroatoms. The number of hydrogen-bond donors (Lipinski definition) is 3.